The molecule has 1 saturated carbocycles. The number of alkyl halides is 3. The molecule has 1 amide bonds. The summed E-state index contributed by atoms with van der Waals surface area (Å²) in [4.78, 5) is 31.1. The Kier molecular flexibility index (Phi) is 6.63. The molecule has 4 rings (SSSR count). The zero-order chi connectivity index (χ0) is 21.7. The number of aromatic nitrogens is 2. The third-order valence-corrected chi connectivity index (χ3v) is 5.09. The van der Waals surface area contributed by atoms with E-state index in [1.165, 1.54) is 0 Å². The Morgan fingerprint density at radius 1 is 1.17 bits per heavy atom. The molecule has 1 atom stereocenters. The van der Waals surface area contributed by atoms with E-state index >= 15 is 0 Å². The van der Waals surface area contributed by atoms with E-state index in [-0.39, 0.29) is 18.2 Å². The van der Waals surface area contributed by atoms with Gasteiger partial charge in [0.2, 0.25) is 0 Å². The molecule has 7 nitrogen and oxygen atoms in total. The number of amides is 1. The minimum Gasteiger partial charge on any atom is -0.475 e. The van der Waals surface area contributed by atoms with Crippen LogP contribution in [0.5, 0.6) is 0 Å². The van der Waals surface area contributed by atoms with E-state index < -0.39 is 12.1 Å². The third kappa shape index (κ3) is 5.11. The number of aromatic amines is 1. The number of hydrogen-bond acceptors (Lipinski definition) is 4. The Morgan fingerprint density at radius 3 is 2.40 bits per heavy atom. The van der Waals surface area contributed by atoms with Gasteiger partial charge in [0, 0.05) is 18.7 Å². The van der Waals surface area contributed by atoms with E-state index in [0.717, 1.165) is 49.1 Å². The van der Waals surface area contributed by atoms with E-state index in [2.05, 4.69) is 9.97 Å². The van der Waals surface area contributed by atoms with Crippen LogP contribution >= 0.6 is 0 Å². The Hall–Kier alpha value is -3.04. The highest BCUT2D eigenvalue weighted by Crippen LogP contribution is 2.34. The van der Waals surface area contributed by atoms with Gasteiger partial charge in [-0.15, -0.1) is 0 Å². The first-order valence-electron chi connectivity index (χ1n) is 9.62. The van der Waals surface area contributed by atoms with Gasteiger partial charge in [-0.25, -0.2) is 14.6 Å². The lowest BCUT2D eigenvalue weighted by Gasteiger charge is -2.35. The van der Waals surface area contributed by atoms with Gasteiger partial charge in [0.15, 0.2) is 0 Å². The number of imidazole rings is 1. The van der Waals surface area contributed by atoms with E-state index in [9.17, 15) is 18.0 Å². The van der Waals surface area contributed by atoms with Crippen LogP contribution in [0.2, 0.25) is 0 Å². The smallest absolute Gasteiger partial charge is 0.475 e. The van der Waals surface area contributed by atoms with Crippen molar-refractivity contribution in [3.63, 3.8) is 0 Å². The number of carboxylic acids is 1. The number of carbonyl (C=O) groups is 2. The number of benzene rings is 1. The fraction of sp³-hybridized carbons (Fsp3) is 0.450. The molecule has 1 aliphatic carbocycles. The van der Waals surface area contributed by atoms with Gasteiger partial charge in [-0.2, -0.15) is 13.2 Å². The molecule has 162 valence electrons. The summed E-state index contributed by atoms with van der Waals surface area (Å²) in [5.74, 6) is -2.76. The number of H-pyrrole nitrogens is 1. The van der Waals surface area contributed by atoms with Crippen LogP contribution < -0.4 is 0 Å². The largest absolute Gasteiger partial charge is 0.490 e. The second-order valence-electron chi connectivity index (χ2n) is 7.12. The maximum absolute atomic E-state index is 12.7. The van der Waals surface area contributed by atoms with E-state index in [1.54, 1.807) is 6.33 Å². The lowest BCUT2D eigenvalue weighted by Crippen LogP contribution is -2.42. The molecule has 0 saturated heterocycles. The van der Waals surface area contributed by atoms with Gasteiger partial charge in [-0.3, -0.25) is 4.90 Å². The molecule has 0 radical (unpaired) electrons. The van der Waals surface area contributed by atoms with Crippen molar-refractivity contribution in [1.29, 1.82) is 0 Å². The van der Waals surface area contributed by atoms with Gasteiger partial charge >= 0.3 is 18.2 Å². The van der Waals surface area contributed by atoms with Gasteiger partial charge < -0.3 is 14.8 Å². The van der Waals surface area contributed by atoms with Crippen LogP contribution in [0.15, 0.2) is 36.7 Å². The van der Waals surface area contributed by atoms with Crippen LogP contribution in [0.1, 0.15) is 48.7 Å². The highest BCUT2D eigenvalue weighted by Gasteiger charge is 2.38. The number of nitrogens with zero attached hydrogens (tertiary/aromatic N) is 2. The lowest BCUT2D eigenvalue weighted by molar-refractivity contribution is -0.192. The molecule has 1 aliphatic heterocycles. The van der Waals surface area contributed by atoms with Gasteiger partial charge in [0.1, 0.15) is 12.1 Å². The summed E-state index contributed by atoms with van der Waals surface area (Å²) in [7, 11) is 0. The Morgan fingerprint density at radius 2 is 1.80 bits per heavy atom. The fourth-order valence-electron chi connectivity index (χ4n) is 3.66. The summed E-state index contributed by atoms with van der Waals surface area (Å²) in [6.07, 6.45) is 1.59. The quantitative estimate of drug-likeness (QED) is 0.756. The van der Waals surface area contributed by atoms with Crippen LogP contribution in [0.25, 0.3) is 0 Å². The van der Waals surface area contributed by atoms with Crippen molar-refractivity contribution in [3.05, 3.63) is 53.6 Å². The molecule has 1 aromatic heterocycles. The standard InChI is InChI=1S/C18H21N3O2.C2HF3O2/c22-18(23-14-8-4-5-9-14)21-11-10-15-16(20-12-19-15)17(21)13-6-2-1-3-7-13;3-2(4,5)1(6)7/h1-3,6-7,12,14,17H,4-5,8-11H2,(H,19,20);(H,6,7). The molecule has 2 N–H and O–H groups in total. The molecule has 2 aliphatic rings. The monoisotopic (exact) mass is 425 g/mol. The first kappa shape index (κ1) is 21.7. The molecule has 2 aromatic rings. The Balaban J connectivity index is 0.000000318. The first-order chi connectivity index (χ1) is 14.3. The second kappa shape index (κ2) is 9.19. The highest BCUT2D eigenvalue weighted by atomic mass is 19.4. The predicted molar refractivity (Wildman–Crippen MR) is 99.7 cm³/mol. The fourth-order valence-corrected chi connectivity index (χ4v) is 3.66. The first-order valence-corrected chi connectivity index (χ1v) is 9.62. The van der Waals surface area contributed by atoms with Crippen LogP contribution in [-0.2, 0) is 16.0 Å². The summed E-state index contributed by atoms with van der Waals surface area (Å²) in [5, 5.41) is 7.12. The van der Waals surface area contributed by atoms with Crippen molar-refractivity contribution < 1.29 is 32.6 Å². The van der Waals surface area contributed by atoms with Gasteiger partial charge in [-0.05, 0) is 31.2 Å². The minimum atomic E-state index is -5.08. The maximum atomic E-state index is 12.7. The van der Waals surface area contributed by atoms with E-state index in [0.29, 0.717) is 6.54 Å². The number of hydrogen-bond donors (Lipinski definition) is 2. The number of rotatable bonds is 2. The van der Waals surface area contributed by atoms with Crippen molar-refractivity contribution in [3.8, 4) is 0 Å². The zero-order valence-electron chi connectivity index (χ0n) is 16.1. The molecule has 1 aromatic carbocycles. The van der Waals surface area contributed by atoms with Crippen molar-refractivity contribution >= 4 is 12.1 Å². The Bertz CT molecular complexity index is 864. The molecule has 10 heteroatoms. The van der Waals surface area contributed by atoms with Crippen molar-refractivity contribution in [1.82, 2.24) is 14.9 Å². The maximum Gasteiger partial charge on any atom is 0.490 e. The summed E-state index contributed by atoms with van der Waals surface area (Å²) < 4.78 is 37.5. The molecule has 0 bridgehead atoms. The number of nitrogens with one attached hydrogen (secondary N) is 1. The molecule has 1 unspecified atom stereocenters. The van der Waals surface area contributed by atoms with Gasteiger partial charge in [-0.1, -0.05) is 30.3 Å². The van der Waals surface area contributed by atoms with Crippen LogP contribution in [-0.4, -0.2) is 50.9 Å². The van der Waals surface area contributed by atoms with Crippen molar-refractivity contribution in [2.45, 2.75) is 50.4 Å². The predicted octanol–water partition coefficient (Wildman–Crippen LogP) is 4.07. The van der Waals surface area contributed by atoms with Gasteiger partial charge in [0.25, 0.3) is 0 Å². The molecular formula is C20H22F3N3O4. The average Bonchev–Trinajstić information content (AvgIpc) is 3.39. The van der Waals surface area contributed by atoms with Crippen LogP contribution in [0.4, 0.5) is 18.0 Å². The molecule has 30 heavy (non-hydrogen) atoms. The number of fused-ring (bicyclic) bond motifs is 1. The summed E-state index contributed by atoms with van der Waals surface area (Å²) in [6, 6.07) is 9.90. The number of ether oxygens (including phenoxy) is 1. The number of aliphatic carboxylic acids is 1. The minimum absolute atomic E-state index is 0.0829. The normalized spacial score (nSPS) is 18.9. The zero-order valence-corrected chi connectivity index (χ0v) is 16.1. The lowest BCUT2D eigenvalue weighted by atomic mass is 9.96. The molecular weight excluding hydrogens is 403 g/mol. The summed E-state index contributed by atoms with van der Waals surface area (Å²) >= 11 is 0. The van der Waals surface area contributed by atoms with Crippen molar-refractivity contribution in [2.75, 3.05) is 6.54 Å². The molecule has 0 spiro atoms. The third-order valence-electron chi connectivity index (χ3n) is 5.09. The number of carboxylic acid groups (broad SMARTS) is 1. The number of halogens is 3. The topological polar surface area (TPSA) is 95.5 Å². The SMILES string of the molecule is O=C(O)C(F)(F)F.O=C(OC1CCCC1)N1CCc2[nH]cnc2C1c1ccccc1. The Labute approximate surface area is 170 Å². The van der Waals surface area contributed by atoms with Crippen LogP contribution in [0.3, 0.4) is 0 Å². The van der Waals surface area contributed by atoms with Crippen LogP contribution in [0, 0.1) is 0 Å². The molecule has 2 heterocycles. The van der Waals surface area contributed by atoms with Crippen molar-refractivity contribution in [2.24, 2.45) is 0 Å². The second-order valence-corrected chi connectivity index (χ2v) is 7.12. The van der Waals surface area contributed by atoms with E-state index in [4.69, 9.17) is 14.6 Å². The van der Waals surface area contributed by atoms with Gasteiger partial charge in [0.05, 0.1) is 12.0 Å². The average molecular weight is 425 g/mol. The molecule has 1 fully saturated rings. The highest BCUT2D eigenvalue weighted by molar-refractivity contribution is 5.73. The number of carbonyl (C=O) groups excluding carboxylic acids is 1. The summed E-state index contributed by atoms with van der Waals surface area (Å²) in [6.45, 7) is 0.653. The van der Waals surface area contributed by atoms with E-state index in [1.807, 2.05) is 35.2 Å². The summed E-state index contributed by atoms with van der Waals surface area (Å²) in [5.41, 5.74) is 3.12.